The number of alkyl halides is 1. The molecule has 2 nitrogen and oxygen atoms in total. The Morgan fingerprint density at radius 2 is 2.00 bits per heavy atom. The largest absolute Gasteiger partial charge is 0.240 e. The maximum atomic E-state index is 4.26. The van der Waals surface area contributed by atoms with Gasteiger partial charge in [-0.2, -0.15) is 5.10 Å². The summed E-state index contributed by atoms with van der Waals surface area (Å²) in [6.07, 6.45) is 3.72. The quantitative estimate of drug-likeness (QED) is 0.695. The van der Waals surface area contributed by atoms with Crippen LogP contribution in [-0.4, -0.2) is 9.78 Å². The minimum atomic E-state index is 0.805. The van der Waals surface area contributed by atoms with Crippen molar-refractivity contribution in [1.29, 1.82) is 0 Å². The van der Waals surface area contributed by atoms with Crippen LogP contribution in [0.2, 0.25) is 0 Å². The molecule has 0 aliphatic carbocycles. The summed E-state index contributed by atoms with van der Waals surface area (Å²) < 4.78 is 3.91. The van der Waals surface area contributed by atoms with E-state index in [1.165, 1.54) is 5.56 Å². The maximum absolute atomic E-state index is 4.26. The standard InChI is InChI=1S/C10H7Br3N2/c11-4-7-3-8(12)1-2-10(7)15-6-9(13)5-14-15/h1-3,5-6H,4H2. The Labute approximate surface area is 113 Å². The van der Waals surface area contributed by atoms with Gasteiger partial charge in [-0.05, 0) is 39.7 Å². The molecule has 78 valence electrons. The number of benzene rings is 1. The molecule has 0 atom stereocenters. The first kappa shape index (κ1) is 11.4. The Morgan fingerprint density at radius 3 is 2.60 bits per heavy atom. The number of hydrogen-bond acceptors (Lipinski definition) is 1. The van der Waals surface area contributed by atoms with Crippen LogP contribution < -0.4 is 0 Å². The SMILES string of the molecule is BrCc1cc(Br)ccc1-n1cc(Br)cn1. The lowest BCUT2D eigenvalue weighted by molar-refractivity contribution is 0.871. The van der Waals surface area contributed by atoms with Crippen molar-refractivity contribution in [3.63, 3.8) is 0 Å². The van der Waals surface area contributed by atoms with Crippen molar-refractivity contribution in [3.8, 4) is 5.69 Å². The molecule has 5 heteroatoms. The molecule has 1 heterocycles. The molecule has 0 amide bonds. The van der Waals surface area contributed by atoms with E-state index in [2.05, 4.69) is 59.0 Å². The molecule has 1 aromatic heterocycles. The highest BCUT2D eigenvalue weighted by atomic mass is 79.9. The molecular formula is C10H7Br3N2. The van der Waals surface area contributed by atoms with E-state index >= 15 is 0 Å². The maximum Gasteiger partial charge on any atom is 0.0687 e. The van der Waals surface area contributed by atoms with Crippen LogP contribution in [0.25, 0.3) is 5.69 Å². The summed E-state index contributed by atoms with van der Waals surface area (Å²) in [5.74, 6) is 0. The molecule has 0 spiro atoms. The van der Waals surface area contributed by atoms with Crippen molar-refractivity contribution in [2.75, 3.05) is 0 Å². The van der Waals surface area contributed by atoms with Crippen LogP contribution in [-0.2, 0) is 5.33 Å². The van der Waals surface area contributed by atoms with Gasteiger partial charge >= 0.3 is 0 Å². The molecule has 0 aliphatic rings. The second-order valence-corrected chi connectivity index (χ2v) is 5.40. The third-order valence-corrected chi connectivity index (χ3v) is 3.49. The molecule has 0 N–H and O–H groups in total. The highest BCUT2D eigenvalue weighted by Gasteiger charge is 2.05. The van der Waals surface area contributed by atoms with Crippen molar-refractivity contribution in [2.45, 2.75) is 5.33 Å². The van der Waals surface area contributed by atoms with Crippen molar-refractivity contribution in [1.82, 2.24) is 9.78 Å². The summed E-state index contributed by atoms with van der Waals surface area (Å²) >= 11 is 10.3. The van der Waals surface area contributed by atoms with Gasteiger partial charge in [0.15, 0.2) is 0 Å². The first-order chi connectivity index (χ1) is 7.20. The molecule has 0 aliphatic heterocycles. The molecule has 1 aromatic carbocycles. The molecule has 2 rings (SSSR count). The summed E-state index contributed by atoms with van der Waals surface area (Å²) in [7, 11) is 0. The molecule has 0 bridgehead atoms. The van der Waals surface area contributed by atoms with E-state index in [0.29, 0.717) is 0 Å². The molecule has 0 saturated carbocycles. The van der Waals surface area contributed by atoms with E-state index in [4.69, 9.17) is 0 Å². The Hall–Kier alpha value is -0.130. The number of rotatable bonds is 2. The molecule has 2 aromatic rings. The van der Waals surface area contributed by atoms with Gasteiger partial charge < -0.3 is 0 Å². The van der Waals surface area contributed by atoms with E-state index in [-0.39, 0.29) is 0 Å². The van der Waals surface area contributed by atoms with Crippen molar-refractivity contribution < 1.29 is 0 Å². The van der Waals surface area contributed by atoms with Crippen LogP contribution in [0.3, 0.4) is 0 Å². The van der Waals surface area contributed by atoms with Crippen molar-refractivity contribution in [3.05, 3.63) is 45.1 Å². The summed E-state index contributed by atoms with van der Waals surface area (Å²) in [6, 6.07) is 6.14. The van der Waals surface area contributed by atoms with Crippen LogP contribution in [0.15, 0.2) is 39.5 Å². The van der Waals surface area contributed by atoms with E-state index in [1.807, 2.05) is 23.0 Å². The van der Waals surface area contributed by atoms with E-state index in [1.54, 1.807) is 6.20 Å². The Bertz CT molecular complexity index is 479. The van der Waals surface area contributed by atoms with Gasteiger partial charge in [-0.1, -0.05) is 31.9 Å². The minimum Gasteiger partial charge on any atom is -0.240 e. The highest BCUT2D eigenvalue weighted by molar-refractivity contribution is 9.10. The zero-order valence-electron chi connectivity index (χ0n) is 7.62. The topological polar surface area (TPSA) is 17.8 Å². The smallest absolute Gasteiger partial charge is 0.0687 e. The molecular weight excluding hydrogens is 388 g/mol. The van der Waals surface area contributed by atoms with Crippen LogP contribution >= 0.6 is 47.8 Å². The lowest BCUT2D eigenvalue weighted by Crippen LogP contribution is -1.98. The van der Waals surface area contributed by atoms with Gasteiger partial charge in [0.05, 0.1) is 16.4 Å². The van der Waals surface area contributed by atoms with E-state index < -0.39 is 0 Å². The summed E-state index contributed by atoms with van der Waals surface area (Å²) in [5.41, 5.74) is 2.28. The number of hydrogen-bond donors (Lipinski definition) is 0. The Balaban J connectivity index is 2.52. The van der Waals surface area contributed by atoms with Crippen LogP contribution in [0.5, 0.6) is 0 Å². The van der Waals surface area contributed by atoms with Crippen molar-refractivity contribution in [2.24, 2.45) is 0 Å². The fourth-order valence-electron chi connectivity index (χ4n) is 1.32. The Morgan fingerprint density at radius 1 is 1.20 bits per heavy atom. The molecule has 0 radical (unpaired) electrons. The molecule has 15 heavy (non-hydrogen) atoms. The average molecular weight is 395 g/mol. The van der Waals surface area contributed by atoms with Gasteiger partial charge in [0.25, 0.3) is 0 Å². The summed E-state index contributed by atoms with van der Waals surface area (Å²) in [6.45, 7) is 0. The lowest BCUT2D eigenvalue weighted by Gasteiger charge is -2.07. The Kier molecular flexibility index (Phi) is 3.64. The van der Waals surface area contributed by atoms with Gasteiger partial charge in [-0.25, -0.2) is 4.68 Å². The minimum absolute atomic E-state index is 0.805. The number of aromatic nitrogens is 2. The first-order valence-electron chi connectivity index (χ1n) is 4.25. The second-order valence-electron chi connectivity index (χ2n) is 3.01. The lowest BCUT2D eigenvalue weighted by atomic mass is 10.2. The molecule has 0 fully saturated rings. The summed E-state index contributed by atoms with van der Waals surface area (Å²) in [5, 5.41) is 5.06. The predicted molar refractivity (Wildman–Crippen MR) is 71.6 cm³/mol. The van der Waals surface area contributed by atoms with Crippen LogP contribution in [0, 0.1) is 0 Å². The number of halogens is 3. The zero-order chi connectivity index (χ0) is 10.8. The monoisotopic (exact) mass is 392 g/mol. The average Bonchev–Trinajstić information content (AvgIpc) is 2.64. The van der Waals surface area contributed by atoms with Crippen LogP contribution in [0.4, 0.5) is 0 Å². The second kappa shape index (κ2) is 4.80. The predicted octanol–water partition coefficient (Wildman–Crippen LogP) is 4.29. The first-order valence-corrected chi connectivity index (χ1v) is 6.96. The van der Waals surface area contributed by atoms with Gasteiger partial charge in [0, 0.05) is 16.0 Å². The zero-order valence-corrected chi connectivity index (χ0v) is 12.4. The highest BCUT2D eigenvalue weighted by Crippen LogP contribution is 2.22. The van der Waals surface area contributed by atoms with Gasteiger partial charge in [-0.15, -0.1) is 0 Å². The molecule has 0 unspecified atom stereocenters. The van der Waals surface area contributed by atoms with Crippen molar-refractivity contribution >= 4 is 47.8 Å². The van der Waals surface area contributed by atoms with E-state index in [9.17, 15) is 0 Å². The third kappa shape index (κ3) is 2.52. The molecule has 0 saturated heterocycles. The van der Waals surface area contributed by atoms with Gasteiger partial charge in [0.1, 0.15) is 0 Å². The van der Waals surface area contributed by atoms with Gasteiger partial charge in [-0.3, -0.25) is 0 Å². The number of nitrogens with zero attached hydrogens (tertiary/aromatic N) is 2. The third-order valence-electron chi connectivity index (χ3n) is 1.98. The fraction of sp³-hybridized carbons (Fsp3) is 0.100. The van der Waals surface area contributed by atoms with Crippen LogP contribution in [0.1, 0.15) is 5.56 Å². The normalized spacial score (nSPS) is 10.6. The summed E-state index contributed by atoms with van der Waals surface area (Å²) in [4.78, 5) is 0. The van der Waals surface area contributed by atoms with E-state index in [0.717, 1.165) is 20.0 Å². The van der Waals surface area contributed by atoms with Gasteiger partial charge in [0.2, 0.25) is 0 Å². The fourth-order valence-corrected chi connectivity index (χ4v) is 2.46.